The minimum atomic E-state index is -4.09. The van der Waals surface area contributed by atoms with Crippen molar-refractivity contribution >= 4 is 10.0 Å². The Hall–Kier alpha value is -1.31. The van der Waals surface area contributed by atoms with Crippen molar-refractivity contribution < 1.29 is 17.2 Å². The number of sulfonamides is 1. The molecular weight excluding hydrogens is 286 g/mol. The Bertz CT molecular complexity index is 628. The van der Waals surface area contributed by atoms with Gasteiger partial charge in [-0.15, -0.1) is 6.58 Å². The largest absolute Gasteiger partial charge is 0.326 e. The third-order valence-electron chi connectivity index (χ3n) is 3.14. The highest BCUT2D eigenvalue weighted by atomic mass is 32.2. The lowest BCUT2D eigenvalue weighted by atomic mass is 10.2. The lowest BCUT2D eigenvalue weighted by Gasteiger charge is -2.21. The predicted octanol–water partition coefficient (Wildman–Crippen LogP) is 1.76. The van der Waals surface area contributed by atoms with Crippen LogP contribution in [-0.2, 0) is 16.6 Å². The molecule has 0 amide bonds. The first-order chi connectivity index (χ1) is 9.41. The number of nitrogens with zero attached hydrogens (tertiary/aromatic N) is 1. The molecule has 1 saturated carbocycles. The molecule has 0 bridgehead atoms. The second kappa shape index (κ2) is 5.59. The number of halogens is 2. The zero-order chi connectivity index (χ0) is 14.9. The average Bonchev–Trinajstić information content (AvgIpc) is 3.22. The van der Waals surface area contributed by atoms with Crippen molar-refractivity contribution in [2.45, 2.75) is 30.3 Å². The molecule has 4 nitrogen and oxygen atoms in total. The highest BCUT2D eigenvalue weighted by Crippen LogP contribution is 2.33. The van der Waals surface area contributed by atoms with Crippen molar-refractivity contribution in [3.05, 3.63) is 42.0 Å². The van der Waals surface area contributed by atoms with Crippen LogP contribution in [0.3, 0.4) is 0 Å². The third-order valence-corrected chi connectivity index (χ3v) is 5.06. The van der Waals surface area contributed by atoms with Crippen LogP contribution < -0.4 is 5.73 Å². The van der Waals surface area contributed by atoms with Gasteiger partial charge in [0.25, 0.3) is 0 Å². The minimum absolute atomic E-state index is 0.0649. The maximum atomic E-state index is 13.9. The zero-order valence-electron chi connectivity index (χ0n) is 10.9. The van der Waals surface area contributed by atoms with E-state index in [4.69, 9.17) is 5.73 Å². The summed E-state index contributed by atoms with van der Waals surface area (Å²) in [6.07, 6.45) is 2.86. The van der Waals surface area contributed by atoms with Gasteiger partial charge in [-0.2, -0.15) is 4.31 Å². The Morgan fingerprint density at radius 2 is 2.05 bits per heavy atom. The maximum absolute atomic E-state index is 13.9. The topological polar surface area (TPSA) is 63.4 Å². The van der Waals surface area contributed by atoms with Crippen LogP contribution in [0.25, 0.3) is 0 Å². The van der Waals surface area contributed by atoms with Crippen molar-refractivity contribution in [3.63, 3.8) is 0 Å². The fourth-order valence-electron chi connectivity index (χ4n) is 1.98. The van der Waals surface area contributed by atoms with Gasteiger partial charge in [0, 0.05) is 19.1 Å². The van der Waals surface area contributed by atoms with E-state index in [1.807, 2.05) is 0 Å². The molecule has 0 aromatic heterocycles. The summed E-state index contributed by atoms with van der Waals surface area (Å²) in [6.45, 7) is 3.50. The molecule has 1 aliphatic rings. The van der Waals surface area contributed by atoms with Crippen LogP contribution in [0.4, 0.5) is 8.78 Å². The van der Waals surface area contributed by atoms with Crippen LogP contribution in [0.2, 0.25) is 0 Å². The van der Waals surface area contributed by atoms with E-state index < -0.39 is 26.6 Å². The van der Waals surface area contributed by atoms with E-state index >= 15 is 0 Å². The van der Waals surface area contributed by atoms with E-state index in [0.29, 0.717) is 12.8 Å². The van der Waals surface area contributed by atoms with Gasteiger partial charge in [-0.3, -0.25) is 0 Å². The Morgan fingerprint density at radius 1 is 1.40 bits per heavy atom. The second-order valence-electron chi connectivity index (χ2n) is 4.69. The van der Waals surface area contributed by atoms with E-state index in [0.717, 1.165) is 16.4 Å². The summed E-state index contributed by atoms with van der Waals surface area (Å²) in [5.74, 6) is -2.57. The summed E-state index contributed by atoms with van der Waals surface area (Å²) in [7, 11) is -4.09. The first kappa shape index (κ1) is 15.1. The van der Waals surface area contributed by atoms with Crippen molar-refractivity contribution in [1.29, 1.82) is 0 Å². The predicted molar refractivity (Wildman–Crippen MR) is 71.4 cm³/mol. The van der Waals surface area contributed by atoms with Crippen LogP contribution in [0.1, 0.15) is 18.4 Å². The van der Waals surface area contributed by atoms with Gasteiger partial charge in [0.2, 0.25) is 10.0 Å². The Balaban J connectivity index is 2.52. The van der Waals surface area contributed by atoms with E-state index in [9.17, 15) is 17.2 Å². The molecule has 0 aliphatic heterocycles. The molecule has 0 heterocycles. The molecular formula is C13H16F2N2O2S. The molecule has 0 spiro atoms. The monoisotopic (exact) mass is 302 g/mol. The third kappa shape index (κ3) is 2.74. The van der Waals surface area contributed by atoms with Crippen LogP contribution in [0.5, 0.6) is 0 Å². The summed E-state index contributed by atoms with van der Waals surface area (Å²) >= 11 is 0. The molecule has 110 valence electrons. The molecule has 0 radical (unpaired) electrons. The first-order valence-corrected chi connectivity index (χ1v) is 7.66. The van der Waals surface area contributed by atoms with Crippen molar-refractivity contribution in [2.24, 2.45) is 5.73 Å². The number of nitrogens with two attached hydrogens (primary N) is 1. The fourth-order valence-corrected chi connectivity index (χ4v) is 3.76. The van der Waals surface area contributed by atoms with Gasteiger partial charge in [0.1, 0.15) is 4.90 Å². The standard InChI is InChI=1S/C13H16F2N2O2S/c1-2-5-17(10-3-4-10)20(18,19)12-7-9(8-16)6-11(14)13(12)15/h2,6-7,10H,1,3-5,8,16H2. The van der Waals surface area contributed by atoms with Gasteiger partial charge < -0.3 is 5.73 Å². The van der Waals surface area contributed by atoms with Gasteiger partial charge in [0.05, 0.1) is 0 Å². The average molecular weight is 302 g/mol. The van der Waals surface area contributed by atoms with Gasteiger partial charge in [0.15, 0.2) is 11.6 Å². The van der Waals surface area contributed by atoms with Crippen molar-refractivity contribution in [3.8, 4) is 0 Å². The van der Waals surface area contributed by atoms with Gasteiger partial charge in [-0.05, 0) is 30.5 Å². The minimum Gasteiger partial charge on any atom is -0.326 e. The second-order valence-corrected chi connectivity index (χ2v) is 6.55. The van der Waals surface area contributed by atoms with Crippen LogP contribution >= 0.6 is 0 Å². The van der Waals surface area contributed by atoms with Crippen LogP contribution in [0.15, 0.2) is 29.7 Å². The van der Waals surface area contributed by atoms with Gasteiger partial charge in [-0.1, -0.05) is 6.08 Å². The van der Waals surface area contributed by atoms with E-state index in [2.05, 4.69) is 6.58 Å². The fraction of sp³-hybridized carbons (Fsp3) is 0.385. The lowest BCUT2D eigenvalue weighted by Crippen LogP contribution is -2.34. The maximum Gasteiger partial charge on any atom is 0.246 e. The van der Waals surface area contributed by atoms with Gasteiger partial charge >= 0.3 is 0 Å². The molecule has 7 heteroatoms. The SMILES string of the molecule is C=CCN(C1CC1)S(=O)(=O)c1cc(CN)cc(F)c1F. The molecule has 0 unspecified atom stereocenters. The lowest BCUT2D eigenvalue weighted by molar-refractivity contribution is 0.424. The summed E-state index contributed by atoms with van der Waals surface area (Å²) in [4.78, 5) is -0.660. The molecule has 1 aromatic carbocycles. The highest BCUT2D eigenvalue weighted by Gasteiger charge is 2.39. The summed E-state index contributed by atoms with van der Waals surface area (Å²) in [5, 5.41) is 0. The van der Waals surface area contributed by atoms with Crippen LogP contribution in [0, 0.1) is 11.6 Å². The smallest absolute Gasteiger partial charge is 0.246 e. The first-order valence-electron chi connectivity index (χ1n) is 6.22. The van der Waals surface area contributed by atoms with Crippen molar-refractivity contribution in [1.82, 2.24) is 4.31 Å². The Kier molecular flexibility index (Phi) is 4.22. The summed E-state index contributed by atoms with van der Waals surface area (Å²) in [6, 6.07) is 1.83. The molecule has 1 aliphatic carbocycles. The molecule has 1 fully saturated rings. The summed E-state index contributed by atoms with van der Waals surface area (Å²) in [5.41, 5.74) is 5.61. The van der Waals surface area contributed by atoms with Crippen LogP contribution in [-0.4, -0.2) is 25.3 Å². The Labute approximate surface area is 116 Å². The quantitative estimate of drug-likeness (QED) is 0.815. The van der Waals surface area contributed by atoms with E-state index in [1.165, 1.54) is 6.08 Å². The van der Waals surface area contributed by atoms with Gasteiger partial charge in [-0.25, -0.2) is 17.2 Å². The molecule has 0 atom stereocenters. The number of rotatable bonds is 6. The zero-order valence-corrected chi connectivity index (χ0v) is 11.7. The highest BCUT2D eigenvalue weighted by molar-refractivity contribution is 7.89. The van der Waals surface area contributed by atoms with Crippen molar-refractivity contribution in [2.75, 3.05) is 6.54 Å². The number of benzene rings is 1. The summed E-state index contributed by atoms with van der Waals surface area (Å²) < 4.78 is 53.4. The molecule has 1 aromatic rings. The molecule has 2 rings (SSSR count). The normalized spacial score (nSPS) is 15.6. The molecule has 0 saturated heterocycles. The molecule has 2 N–H and O–H groups in total. The molecule has 20 heavy (non-hydrogen) atoms. The number of hydrogen-bond donors (Lipinski definition) is 1. The van der Waals surface area contributed by atoms with E-state index in [-0.39, 0.29) is 24.7 Å². The van der Waals surface area contributed by atoms with E-state index in [1.54, 1.807) is 0 Å². The Morgan fingerprint density at radius 3 is 2.55 bits per heavy atom. The number of hydrogen-bond acceptors (Lipinski definition) is 3.